The van der Waals surface area contributed by atoms with Crippen molar-refractivity contribution in [3.63, 3.8) is 0 Å². The number of halogens is 1. The largest absolute Gasteiger partial charge is 0.399 e. The lowest BCUT2D eigenvalue weighted by molar-refractivity contribution is 0.324. The van der Waals surface area contributed by atoms with Crippen LogP contribution in [0.15, 0.2) is 18.2 Å². The Morgan fingerprint density at radius 3 is 2.73 bits per heavy atom. The molecule has 0 unspecified atom stereocenters. The number of hydrogen-bond donors (Lipinski definition) is 3. The van der Waals surface area contributed by atoms with Crippen LogP contribution < -0.4 is 11.1 Å². The Morgan fingerprint density at radius 1 is 1.41 bits per heavy atom. The van der Waals surface area contributed by atoms with Crippen LogP contribution in [0.4, 0.5) is 10.1 Å². The molecule has 1 aliphatic heterocycles. The molecule has 3 aliphatic rings. The maximum Gasteiger partial charge on any atom is 0.168 e. The fourth-order valence-corrected chi connectivity index (χ4v) is 6.51. The fraction of sp³-hybridized carbons (Fsp3) is 0.533. The average Bonchev–Trinajstić information content (AvgIpc) is 3.25. The van der Waals surface area contributed by atoms with Crippen LogP contribution in [0.3, 0.4) is 0 Å². The van der Waals surface area contributed by atoms with Gasteiger partial charge in [-0.1, -0.05) is 6.07 Å². The highest BCUT2D eigenvalue weighted by molar-refractivity contribution is 7.93. The molecule has 4 N–H and O–H groups in total. The van der Waals surface area contributed by atoms with Gasteiger partial charge in [0.1, 0.15) is 12.5 Å². The van der Waals surface area contributed by atoms with E-state index in [9.17, 15) is 12.8 Å². The zero-order valence-electron chi connectivity index (χ0n) is 12.0. The third-order valence-electron chi connectivity index (χ3n) is 5.36. The molecule has 1 saturated heterocycles. The monoisotopic (exact) mass is 323 g/mol. The first kappa shape index (κ1) is 14.0. The summed E-state index contributed by atoms with van der Waals surface area (Å²) in [5.74, 6) is -0.615. The van der Waals surface area contributed by atoms with Crippen molar-refractivity contribution < 1.29 is 12.8 Å². The van der Waals surface area contributed by atoms with Gasteiger partial charge in [-0.25, -0.2) is 12.8 Å². The second-order valence-corrected chi connectivity index (χ2v) is 8.98. The van der Waals surface area contributed by atoms with Gasteiger partial charge in [-0.3, -0.25) is 5.41 Å². The van der Waals surface area contributed by atoms with Gasteiger partial charge in [0, 0.05) is 12.1 Å². The molecule has 1 heterocycles. The van der Waals surface area contributed by atoms with E-state index in [0.717, 1.165) is 11.1 Å². The molecule has 1 aromatic carbocycles. The summed E-state index contributed by atoms with van der Waals surface area (Å²) in [5, 5.41) is 11.3. The van der Waals surface area contributed by atoms with Gasteiger partial charge in [0.2, 0.25) is 0 Å². The predicted molar refractivity (Wildman–Crippen MR) is 82.3 cm³/mol. The SMILES string of the molecule is N=C1N[C@@]2(Cc3ccc(N)cc32)CS(=O)(=O)[C@@]1(CF)C1CC1. The van der Waals surface area contributed by atoms with E-state index in [0.29, 0.717) is 24.9 Å². The van der Waals surface area contributed by atoms with Crippen molar-refractivity contribution >= 4 is 21.4 Å². The van der Waals surface area contributed by atoms with E-state index in [1.807, 2.05) is 6.07 Å². The number of sulfone groups is 1. The van der Waals surface area contributed by atoms with Crippen LogP contribution in [0.5, 0.6) is 0 Å². The van der Waals surface area contributed by atoms with Crippen molar-refractivity contribution in [2.45, 2.75) is 29.5 Å². The number of hydrogen-bond acceptors (Lipinski definition) is 4. The minimum absolute atomic E-state index is 0.167. The number of nitrogens with one attached hydrogen (secondary N) is 2. The smallest absolute Gasteiger partial charge is 0.168 e. The summed E-state index contributed by atoms with van der Waals surface area (Å²) < 4.78 is 37.8. The molecule has 1 spiro atoms. The summed E-state index contributed by atoms with van der Waals surface area (Å²) in [7, 11) is -3.75. The van der Waals surface area contributed by atoms with Crippen LogP contribution in [0, 0.1) is 11.3 Å². The predicted octanol–water partition coefficient (Wildman–Crippen LogP) is 1.13. The Hall–Kier alpha value is -1.63. The van der Waals surface area contributed by atoms with E-state index in [1.165, 1.54) is 0 Å². The summed E-state index contributed by atoms with van der Waals surface area (Å²) in [6, 6.07) is 5.42. The molecule has 2 atom stereocenters. The minimum Gasteiger partial charge on any atom is -0.399 e. The molecular formula is C15H18FN3O2S. The van der Waals surface area contributed by atoms with Crippen LogP contribution in [0.2, 0.25) is 0 Å². The summed E-state index contributed by atoms with van der Waals surface area (Å²) in [4.78, 5) is 0. The zero-order valence-corrected chi connectivity index (χ0v) is 12.8. The topological polar surface area (TPSA) is 96.0 Å². The Labute approximate surface area is 128 Å². The zero-order chi connectivity index (χ0) is 15.8. The van der Waals surface area contributed by atoms with Gasteiger partial charge in [-0.15, -0.1) is 0 Å². The number of anilines is 1. The maximum atomic E-state index is 13.7. The number of fused-ring (bicyclic) bond motifs is 2. The molecular weight excluding hydrogens is 305 g/mol. The van der Waals surface area contributed by atoms with Gasteiger partial charge in [0.25, 0.3) is 0 Å². The molecule has 118 valence electrons. The van der Waals surface area contributed by atoms with Crippen molar-refractivity contribution in [2.24, 2.45) is 5.92 Å². The fourth-order valence-electron chi connectivity index (χ4n) is 4.00. The summed E-state index contributed by atoms with van der Waals surface area (Å²) in [6.45, 7) is -1.02. The number of benzene rings is 1. The van der Waals surface area contributed by atoms with Crippen molar-refractivity contribution in [3.05, 3.63) is 29.3 Å². The molecule has 0 radical (unpaired) electrons. The van der Waals surface area contributed by atoms with Crippen LogP contribution in [-0.4, -0.2) is 31.4 Å². The lowest BCUT2D eigenvalue weighted by Gasteiger charge is -2.52. The molecule has 1 aromatic rings. The Bertz CT molecular complexity index is 790. The molecule has 5 nitrogen and oxygen atoms in total. The van der Waals surface area contributed by atoms with E-state index in [2.05, 4.69) is 5.32 Å². The van der Waals surface area contributed by atoms with E-state index in [1.54, 1.807) is 12.1 Å². The van der Waals surface area contributed by atoms with Crippen molar-refractivity contribution in [2.75, 3.05) is 18.2 Å². The molecule has 0 bridgehead atoms. The van der Waals surface area contributed by atoms with E-state index >= 15 is 0 Å². The second-order valence-electron chi connectivity index (χ2n) is 6.73. The molecule has 2 aliphatic carbocycles. The molecule has 22 heavy (non-hydrogen) atoms. The molecule has 0 aromatic heterocycles. The van der Waals surface area contributed by atoms with Crippen LogP contribution in [-0.2, 0) is 21.8 Å². The Kier molecular flexibility index (Phi) is 2.55. The van der Waals surface area contributed by atoms with Gasteiger partial charge < -0.3 is 11.1 Å². The highest BCUT2D eigenvalue weighted by Gasteiger charge is 2.65. The molecule has 4 rings (SSSR count). The van der Waals surface area contributed by atoms with Crippen molar-refractivity contribution in [1.29, 1.82) is 5.41 Å². The molecule has 2 fully saturated rings. The second kappa shape index (κ2) is 4.01. The number of nitrogen functional groups attached to an aromatic ring is 1. The highest BCUT2D eigenvalue weighted by atomic mass is 32.2. The van der Waals surface area contributed by atoms with E-state index in [4.69, 9.17) is 11.1 Å². The molecule has 7 heteroatoms. The van der Waals surface area contributed by atoms with Crippen LogP contribution in [0.25, 0.3) is 0 Å². The average molecular weight is 323 g/mol. The third-order valence-corrected chi connectivity index (χ3v) is 7.99. The highest BCUT2D eigenvalue weighted by Crippen LogP contribution is 2.52. The third kappa shape index (κ3) is 1.52. The molecule has 1 saturated carbocycles. The lowest BCUT2D eigenvalue weighted by Crippen LogP contribution is -2.71. The number of amidine groups is 1. The van der Waals surface area contributed by atoms with Crippen molar-refractivity contribution in [3.8, 4) is 0 Å². The van der Waals surface area contributed by atoms with Gasteiger partial charge in [0.05, 0.1) is 11.3 Å². The number of nitrogens with two attached hydrogens (primary N) is 1. The molecule has 0 amide bonds. The lowest BCUT2D eigenvalue weighted by atomic mass is 9.71. The van der Waals surface area contributed by atoms with Gasteiger partial charge >= 0.3 is 0 Å². The Morgan fingerprint density at radius 2 is 2.14 bits per heavy atom. The van der Waals surface area contributed by atoms with E-state index in [-0.39, 0.29) is 17.5 Å². The van der Waals surface area contributed by atoms with Gasteiger partial charge in [-0.2, -0.15) is 0 Å². The summed E-state index contributed by atoms with van der Waals surface area (Å²) >= 11 is 0. The first-order chi connectivity index (χ1) is 10.3. The van der Waals surface area contributed by atoms with Gasteiger partial charge in [0.15, 0.2) is 14.6 Å². The summed E-state index contributed by atoms with van der Waals surface area (Å²) in [6.07, 6.45) is 1.87. The van der Waals surface area contributed by atoms with Crippen LogP contribution in [0.1, 0.15) is 24.0 Å². The minimum atomic E-state index is -3.75. The normalized spacial score (nSPS) is 35.6. The summed E-state index contributed by atoms with van der Waals surface area (Å²) in [5.41, 5.74) is 7.41. The number of rotatable bonds is 2. The van der Waals surface area contributed by atoms with E-state index < -0.39 is 26.8 Å². The van der Waals surface area contributed by atoms with Gasteiger partial charge in [-0.05, 0) is 42.0 Å². The quantitative estimate of drug-likeness (QED) is 0.711. The maximum absolute atomic E-state index is 13.7. The van der Waals surface area contributed by atoms with Crippen molar-refractivity contribution in [1.82, 2.24) is 5.32 Å². The standard InChI is InChI=1S/C15H18FN3O2S/c16-7-15(10-2-3-10)13(18)19-14(8-22(15,20)21)6-9-1-4-11(17)5-12(9)14/h1,4-5,10H,2-3,6-8,17H2,(H2,18,19)/t14-,15-/m0/s1. The first-order valence-electron chi connectivity index (χ1n) is 7.39. The van der Waals surface area contributed by atoms with Crippen LogP contribution >= 0.6 is 0 Å². The Balaban J connectivity index is 1.79. The first-order valence-corrected chi connectivity index (χ1v) is 9.04. The number of alkyl halides is 1.